The fourth-order valence-electron chi connectivity index (χ4n) is 1.13. The minimum absolute atomic E-state index is 0.172. The van der Waals surface area contributed by atoms with E-state index in [0.29, 0.717) is 12.3 Å². The third-order valence-electron chi connectivity index (χ3n) is 1.84. The molecule has 0 aliphatic heterocycles. The smallest absolute Gasteiger partial charge is 0.120 e. The number of halogens is 1. The second-order valence-corrected chi connectivity index (χ2v) is 2.97. The molecule has 2 heteroatoms. The van der Waals surface area contributed by atoms with Crippen molar-refractivity contribution in [2.45, 2.75) is 12.3 Å². The molecule has 0 amide bonds. The zero-order valence-electron chi connectivity index (χ0n) is 6.74. The van der Waals surface area contributed by atoms with Crippen LogP contribution >= 0.6 is 11.6 Å². The van der Waals surface area contributed by atoms with Crippen LogP contribution < -0.4 is 0 Å². The lowest BCUT2D eigenvalue weighted by Gasteiger charge is -2.09. The Labute approximate surface area is 77.4 Å². The van der Waals surface area contributed by atoms with Crippen LogP contribution in [-0.4, -0.2) is 12.2 Å². The molecule has 0 N–H and O–H groups in total. The predicted octanol–water partition coefficient (Wildman–Crippen LogP) is 2.60. The molecular weight excluding hydrogens is 172 g/mol. The quantitative estimate of drug-likeness (QED) is 0.517. The van der Waals surface area contributed by atoms with E-state index in [4.69, 9.17) is 11.6 Å². The number of alkyl halides is 1. The number of hydrogen-bond acceptors (Lipinski definition) is 1. The van der Waals surface area contributed by atoms with Gasteiger partial charge in [0.2, 0.25) is 0 Å². The average molecular weight is 183 g/mol. The SMILES string of the molecule is O=CCC(CCl)c1ccccc1. The summed E-state index contributed by atoms with van der Waals surface area (Å²) in [5.74, 6) is 0.674. The molecule has 1 aromatic carbocycles. The zero-order chi connectivity index (χ0) is 8.81. The molecule has 12 heavy (non-hydrogen) atoms. The lowest BCUT2D eigenvalue weighted by atomic mass is 9.99. The first kappa shape index (κ1) is 9.27. The molecule has 0 bridgehead atoms. The molecule has 1 rings (SSSR count). The fourth-order valence-corrected chi connectivity index (χ4v) is 1.43. The maximum Gasteiger partial charge on any atom is 0.120 e. The largest absolute Gasteiger partial charge is 0.303 e. The van der Waals surface area contributed by atoms with Crippen LogP contribution in [0.4, 0.5) is 0 Å². The lowest BCUT2D eigenvalue weighted by molar-refractivity contribution is -0.108. The van der Waals surface area contributed by atoms with Crippen molar-refractivity contribution in [3.63, 3.8) is 0 Å². The normalized spacial score (nSPS) is 12.4. The van der Waals surface area contributed by atoms with Gasteiger partial charge in [-0.15, -0.1) is 11.6 Å². The summed E-state index contributed by atoms with van der Waals surface area (Å²) in [6.07, 6.45) is 1.42. The summed E-state index contributed by atoms with van der Waals surface area (Å²) in [7, 11) is 0. The number of rotatable bonds is 4. The van der Waals surface area contributed by atoms with Crippen molar-refractivity contribution in [1.82, 2.24) is 0 Å². The van der Waals surface area contributed by atoms with Crippen molar-refractivity contribution >= 4 is 17.9 Å². The molecule has 1 aromatic rings. The minimum atomic E-state index is 0.172. The monoisotopic (exact) mass is 182 g/mol. The summed E-state index contributed by atoms with van der Waals surface area (Å²) in [4.78, 5) is 10.3. The van der Waals surface area contributed by atoms with Crippen LogP contribution in [0.1, 0.15) is 17.9 Å². The summed E-state index contributed by atoms with van der Waals surface area (Å²) >= 11 is 5.72. The maximum atomic E-state index is 10.3. The Hall–Kier alpha value is -0.820. The van der Waals surface area contributed by atoms with Gasteiger partial charge in [0.25, 0.3) is 0 Å². The van der Waals surface area contributed by atoms with Gasteiger partial charge in [-0.3, -0.25) is 0 Å². The highest BCUT2D eigenvalue weighted by atomic mass is 35.5. The summed E-state index contributed by atoms with van der Waals surface area (Å²) in [6, 6.07) is 9.86. The van der Waals surface area contributed by atoms with Crippen molar-refractivity contribution in [1.29, 1.82) is 0 Å². The average Bonchev–Trinajstić information content (AvgIpc) is 2.15. The van der Waals surface area contributed by atoms with Crippen molar-refractivity contribution in [2.75, 3.05) is 5.88 Å². The molecular formula is C10H11ClO. The second-order valence-electron chi connectivity index (χ2n) is 2.66. The van der Waals surface area contributed by atoms with Crippen LogP contribution in [0.3, 0.4) is 0 Å². The van der Waals surface area contributed by atoms with Crippen LogP contribution in [0, 0.1) is 0 Å². The van der Waals surface area contributed by atoms with E-state index in [1.54, 1.807) is 0 Å². The molecule has 0 aliphatic rings. The number of hydrogen-bond donors (Lipinski definition) is 0. The first-order valence-electron chi connectivity index (χ1n) is 3.93. The summed E-state index contributed by atoms with van der Waals surface area (Å²) in [5.41, 5.74) is 1.14. The molecule has 0 radical (unpaired) electrons. The van der Waals surface area contributed by atoms with Crippen LogP contribution in [0.15, 0.2) is 30.3 Å². The van der Waals surface area contributed by atoms with Gasteiger partial charge >= 0.3 is 0 Å². The van der Waals surface area contributed by atoms with Gasteiger partial charge in [0.05, 0.1) is 0 Å². The van der Waals surface area contributed by atoms with Gasteiger partial charge in [-0.05, 0) is 5.56 Å². The molecule has 0 spiro atoms. The molecule has 0 saturated carbocycles. The van der Waals surface area contributed by atoms with Crippen LogP contribution in [0.2, 0.25) is 0 Å². The van der Waals surface area contributed by atoms with Gasteiger partial charge in [0, 0.05) is 18.2 Å². The molecule has 0 heterocycles. The van der Waals surface area contributed by atoms with E-state index < -0.39 is 0 Å². The van der Waals surface area contributed by atoms with E-state index in [0.717, 1.165) is 11.8 Å². The highest BCUT2D eigenvalue weighted by Gasteiger charge is 2.07. The van der Waals surface area contributed by atoms with Crippen molar-refractivity contribution in [3.8, 4) is 0 Å². The fraction of sp³-hybridized carbons (Fsp3) is 0.300. The molecule has 0 aliphatic carbocycles. The summed E-state index contributed by atoms with van der Waals surface area (Å²) < 4.78 is 0. The van der Waals surface area contributed by atoms with Crippen molar-refractivity contribution in [3.05, 3.63) is 35.9 Å². The Bertz CT molecular complexity index is 233. The standard InChI is InChI=1S/C10H11ClO/c11-8-10(6-7-12)9-4-2-1-3-5-9/h1-5,7,10H,6,8H2. The number of carbonyl (C=O) groups is 1. The van der Waals surface area contributed by atoms with Crippen molar-refractivity contribution < 1.29 is 4.79 Å². The Balaban J connectivity index is 2.72. The molecule has 1 unspecified atom stereocenters. The second kappa shape index (κ2) is 4.94. The third-order valence-corrected chi connectivity index (χ3v) is 2.21. The predicted molar refractivity (Wildman–Crippen MR) is 50.6 cm³/mol. The molecule has 1 nitrogen and oxygen atoms in total. The summed E-state index contributed by atoms with van der Waals surface area (Å²) in [5, 5.41) is 0. The summed E-state index contributed by atoms with van der Waals surface area (Å²) in [6.45, 7) is 0. The first-order chi connectivity index (χ1) is 5.88. The van der Waals surface area contributed by atoms with E-state index in [2.05, 4.69) is 0 Å². The topological polar surface area (TPSA) is 17.1 Å². The number of benzene rings is 1. The molecule has 0 aromatic heterocycles. The van der Waals surface area contributed by atoms with Gasteiger partial charge < -0.3 is 4.79 Å². The van der Waals surface area contributed by atoms with Gasteiger partial charge in [0.15, 0.2) is 0 Å². The van der Waals surface area contributed by atoms with Gasteiger partial charge in [-0.2, -0.15) is 0 Å². The van der Waals surface area contributed by atoms with Gasteiger partial charge in [0.1, 0.15) is 6.29 Å². The minimum Gasteiger partial charge on any atom is -0.303 e. The Morgan fingerprint density at radius 3 is 2.50 bits per heavy atom. The first-order valence-corrected chi connectivity index (χ1v) is 4.46. The molecule has 0 fully saturated rings. The Morgan fingerprint density at radius 1 is 1.33 bits per heavy atom. The number of aldehydes is 1. The van der Waals surface area contributed by atoms with Crippen LogP contribution in [0.25, 0.3) is 0 Å². The van der Waals surface area contributed by atoms with E-state index in [-0.39, 0.29) is 5.92 Å². The zero-order valence-corrected chi connectivity index (χ0v) is 7.50. The lowest BCUT2D eigenvalue weighted by Crippen LogP contribution is -2.00. The molecule has 64 valence electrons. The highest BCUT2D eigenvalue weighted by molar-refractivity contribution is 6.18. The van der Waals surface area contributed by atoms with E-state index in [1.165, 1.54) is 0 Å². The van der Waals surface area contributed by atoms with Gasteiger partial charge in [-0.25, -0.2) is 0 Å². The van der Waals surface area contributed by atoms with Gasteiger partial charge in [-0.1, -0.05) is 30.3 Å². The molecule has 0 saturated heterocycles. The van der Waals surface area contributed by atoms with E-state index >= 15 is 0 Å². The maximum absolute atomic E-state index is 10.3. The number of carbonyl (C=O) groups excluding carboxylic acids is 1. The van der Waals surface area contributed by atoms with Crippen molar-refractivity contribution in [2.24, 2.45) is 0 Å². The molecule has 1 atom stereocenters. The Morgan fingerprint density at radius 2 is 2.00 bits per heavy atom. The van der Waals surface area contributed by atoms with Crippen LogP contribution in [0.5, 0.6) is 0 Å². The van der Waals surface area contributed by atoms with E-state index in [9.17, 15) is 4.79 Å². The van der Waals surface area contributed by atoms with Crippen LogP contribution in [-0.2, 0) is 4.79 Å². The highest BCUT2D eigenvalue weighted by Crippen LogP contribution is 2.19. The third kappa shape index (κ3) is 2.35. The van der Waals surface area contributed by atoms with E-state index in [1.807, 2.05) is 30.3 Å². The Kier molecular flexibility index (Phi) is 3.81.